The van der Waals surface area contributed by atoms with Gasteiger partial charge in [0.25, 0.3) is 0 Å². The number of carbonyl (C=O) groups excluding carboxylic acids is 1. The third-order valence-corrected chi connectivity index (χ3v) is 3.20. The molecule has 1 aromatic rings. The Balaban J connectivity index is 2.63. The van der Waals surface area contributed by atoms with Gasteiger partial charge in [-0.25, -0.2) is 4.79 Å². The molecule has 2 atom stereocenters. The van der Waals surface area contributed by atoms with Gasteiger partial charge in [-0.05, 0) is 32.0 Å². The summed E-state index contributed by atoms with van der Waals surface area (Å²) in [6.07, 6.45) is 0. The maximum atomic E-state index is 11.7. The normalized spacial score (nSPS) is 13.2. The number of hydrogen-bond donors (Lipinski definition) is 3. The van der Waals surface area contributed by atoms with Gasteiger partial charge in [0.05, 0.1) is 18.1 Å². The SMILES string of the molecule is COc1ccc(NC(=O)NC(C)C(C)C(=O)O)cc1Cl. The van der Waals surface area contributed by atoms with E-state index in [-0.39, 0.29) is 0 Å². The fraction of sp³-hybridized carbons (Fsp3) is 0.385. The molecule has 1 rings (SSSR count). The van der Waals surface area contributed by atoms with Gasteiger partial charge in [-0.2, -0.15) is 0 Å². The lowest BCUT2D eigenvalue weighted by Crippen LogP contribution is -2.42. The first kappa shape index (κ1) is 16.1. The molecule has 1 aromatic carbocycles. The molecule has 6 nitrogen and oxygen atoms in total. The Kier molecular flexibility index (Phi) is 5.64. The Morgan fingerprint density at radius 1 is 1.35 bits per heavy atom. The fourth-order valence-electron chi connectivity index (χ4n) is 1.46. The highest BCUT2D eigenvalue weighted by Crippen LogP contribution is 2.27. The van der Waals surface area contributed by atoms with Crippen molar-refractivity contribution in [1.29, 1.82) is 0 Å². The summed E-state index contributed by atoms with van der Waals surface area (Å²) < 4.78 is 5.00. The molecule has 0 aliphatic carbocycles. The maximum Gasteiger partial charge on any atom is 0.319 e. The minimum atomic E-state index is -0.967. The second-order valence-electron chi connectivity index (χ2n) is 4.36. The zero-order valence-electron chi connectivity index (χ0n) is 11.4. The van der Waals surface area contributed by atoms with Crippen LogP contribution in [0.25, 0.3) is 0 Å². The van der Waals surface area contributed by atoms with Crippen LogP contribution < -0.4 is 15.4 Å². The number of methoxy groups -OCH3 is 1. The van der Waals surface area contributed by atoms with E-state index in [0.717, 1.165) is 0 Å². The summed E-state index contributed by atoms with van der Waals surface area (Å²) in [7, 11) is 1.50. The van der Waals surface area contributed by atoms with Crippen LogP contribution in [0.4, 0.5) is 10.5 Å². The molecular weight excluding hydrogens is 284 g/mol. The number of anilines is 1. The number of aliphatic carboxylic acids is 1. The van der Waals surface area contributed by atoms with Crippen LogP contribution in [0.1, 0.15) is 13.8 Å². The molecule has 3 N–H and O–H groups in total. The Morgan fingerprint density at radius 3 is 2.50 bits per heavy atom. The average molecular weight is 301 g/mol. The van der Waals surface area contributed by atoms with Crippen molar-refractivity contribution in [3.63, 3.8) is 0 Å². The third-order valence-electron chi connectivity index (χ3n) is 2.91. The van der Waals surface area contributed by atoms with E-state index in [1.807, 2.05) is 0 Å². The van der Waals surface area contributed by atoms with E-state index in [2.05, 4.69) is 10.6 Å². The highest BCUT2D eigenvalue weighted by atomic mass is 35.5. The summed E-state index contributed by atoms with van der Waals surface area (Å²) in [4.78, 5) is 22.5. The van der Waals surface area contributed by atoms with Crippen molar-refractivity contribution in [2.45, 2.75) is 19.9 Å². The van der Waals surface area contributed by atoms with Crippen molar-refractivity contribution >= 4 is 29.3 Å². The minimum absolute atomic E-state index is 0.372. The fourth-order valence-corrected chi connectivity index (χ4v) is 1.71. The van der Waals surface area contributed by atoms with Crippen LogP contribution in [0.2, 0.25) is 5.02 Å². The Bertz CT molecular complexity index is 507. The lowest BCUT2D eigenvalue weighted by atomic mass is 10.0. The quantitative estimate of drug-likeness (QED) is 0.780. The second kappa shape index (κ2) is 7.00. The lowest BCUT2D eigenvalue weighted by molar-refractivity contribution is -0.141. The van der Waals surface area contributed by atoms with Gasteiger partial charge >= 0.3 is 12.0 Å². The first-order valence-electron chi connectivity index (χ1n) is 5.99. The highest BCUT2D eigenvalue weighted by molar-refractivity contribution is 6.32. The minimum Gasteiger partial charge on any atom is -0.495 e. The van der Waals surface area contributed by atoms with E-state index < -0.39 is 24.0 Å². The molecule has 20 heavy (non-hydrogen) atoms. The number of urea groups is 1. The molecule has 0 radical (unpaired) electrons. The molecule has 0 bridgehead atoms. The average Bonchev–Trinajstić information content (AvgIpc) is 2.37. The number of carboxylic acids is 1. The number of carbonyl (C=O) groups is 2. The predicted octanol–water partition coefficient (Wildman–Crippen LogP) is 2.58. The van der Waals surface area contributed by atoms with Gasteiger partial charge in [0.15, 0.2) is 0 Å². The van der Waals surface area contributed by atoms with E-state index in [4.69, 9.17) is 21.4 Å². The van der Waals surface area contributed by atoms with Crippen molar-refractivity contribution in [3.05, 3.63) is 23.2 Å². The summed E-state index contributed by atoms with van der Waals surface area (Å²) in [5, 5.41) is 14.3. The molecule has 0 saturated heterocycles. The van der Waals surface area contributed by atoms with Crippen molar-refractivity contribution in [2.24, 2.45) is 5.92 Å². The highest BCUT2D eigenvalue weighted by Gasteiger charge is 2.20. The summed E-state index contributed by atoms with van der Waals surface area (Å²) >= 11 is 5.94. The molecule has 0 aliphatic rings. The number of ether oxygens (including phenoxy) is 1. The predicted molar refractivity (Wildman–Crippen MR) is 76.4 cm³/mol. The standard InChI is InChI=1S/C13H17ClN2O4/c1-7(12(17)18)8(2)15-13(19)16-9-4-5-11(20-3)10(14)6-9/h4-8H,1-3H3,(H,17,18)(H2,15,16,19). The van der Waals surface area contributed by atoms with Gasteiger partial charge in [-0.15, -0.1) is 0 Å². The summed E-state index contributed by atoms with van der Waals surface area (Å²) in [6.45, 7) is 3.15. The van der Waals surface area contributed by atoms with Crippen LogP contribution in [0.5, 0.6) is 5.75 Å². The number of carboxylic acid groups (broad SMARTS) is 1. The van der Waals surface area contributed by atoms with Crippen molar-refractivity contribution in [1.82, 2.24) is 5.32 Å². The van der Waals surface area contributed by atoms with E-state index in [1.165, 1.54) is 14.0 Å². The van der Waals surface area contributed by atoms with Crippen molar-refractivity contribution in [3.8, 4) is 5.75 Å². The van der Waals surface area contributed by atoms with Gasteiger partial charge in [-0.3, -0.25) is 4.79 Å². The topological polar surface area (TPSA) is 87.7 Å². The van der Waals surface area contributed by atoms with Gasteiger partial charge in [-0.1, -0.05) is 11.6 Å². The van der Waals surface area contributed by atoms with Gasteiger partial charge < -0.3 is 20.5 Å². The molecule has 2 unspecified atom stereocenters. The zero-order chi connectivity index (χ0) is 15.3. The summed E-state index contributed by atoms with van der Waals surface area (Å²) in [5.41, 5.74) is 0.489. The molecule has 2 amide bonds. The van der Waals surface area contributed by atoms with Crippen LogP contribution in [0.15, 0.2) is 18.2 Å². The monoisotopic (exact) mass is 300 g/mol. The van der Waals surface area contributed by atoms with Crippen LogP contribution in [0.3, 0.4) is 0 Å². The lowest BCUT2D eigenvalue weighted by Gasteiger charge is -2.18. The van der Waals surface area contributed by atoms with Gasteiger partial charge in [0.2, 0.25) is 0 Å². The third kappa shape index (κ3) is 4.31. The maximum absolute atomic E-state index is 11.7. The first-order valence-corrected chi connectivity index (χ1v) is 6.36. The van der Waals surface area contributed by atoms with Crippen molar-refractivity contribution in [2.75, 3.05) is 12.4 Å². The van der Waals surface area contributed by atoms with Crippen LogP contribution in [-0.2, 0) is 4.79 Å². The number of halogens is 1. The second-order valence-corrected chi connectivity index (χ2v) is 4.77. The number of hydrogen-bond acceptors (Lipinski definition) is 3. The van der Waals surface area contributed by atoms with Crippen LogP contribution in [0, 0.1) is 5.92 Å². The number of benzene rings is 1. The molecule has 0 saturated carbocycles. The van der Waals surface area contributed by atoms with Crippen LogP contribution in [-0.4, -0.2) is 30.3 Å². The smallest absolute Gasteiger partial charge is 0.319 e. The summed E-state index contributed by atoms with van der Waals surface area (Å²) in [5.74, 6) is -1.14. The molecule has 0 spiro atoms. The number of rotatable bonds is 5. The molecule has 0 heterocycles. The zero-order valence-corrected chi connectivity index (χ0v) is 12.2. The largest absolute Gasteiger partial charge is 0.495 e. The summed E-state index contributed by atoms with van der Waals surface area (Å²) in [6, 6.07) is 3.82. The van der Waals surface area contributed by atoms with E-state index in [9.17, 15) is 9.59 Å². The Hall–Kier alpha value is -1.95. The van der Waals surface area contributed by atoms with Crippen LogP contribution >= 0.6 is 11.6 Å². The van der Waals surface area contributed by atoms with E-state index >= 15 is 0 Å². The first-order chi connectivity index (χ1) is 9.35. The molecule has 0 aliphatic heterocycles. The molecule has 110 valence electrons. The van der Waals surface area contributed by atoms with Gasteiger partial charge in [0, 0.05) is 11.7 Å². The molecule has 0 aromatic heterocycles. The Morgan fingerprint density at radius 2 is 2.00 bits per heavy atom. The van der Waals surface area contributed by atoms with Gasteiger partial charge in [0.1, 0.15) is 5.75 Å². The molecule has 0 fully saturated rings. The molecular formula is C13H17ClN2O4. The van der Waals surface area contributed by atoms with Crippen molar-refractivity contribution < 1.29 is 19.4 Å². The number of nitrogens with one attached hydrogen (secondary N) is 2. The Labute approximate surface area is 122 Å². The van der Waals surface area contributed by atoms with E-state index in [1.54, 1.807) is 25.1 Å². The number of amides is 2. The van der Waals surface area contributed by atoms with E-state index in [0.29, 0.717) is 16.5 Å². The molecule has 7 heteroatoms.